The highest BCUT2D eigenvalue weighted by atomic mass is 28.3. The van der Waals surface area contributed by atoms with Crippen LogP contribution in [0.4, 0.5) is 22.0 Å². The lowest BCUT2D eigenvalue weighted by molar-refractivity contribution is 0.0966. The molecule has 0 heterocycles. The topological polar surface area (TPSA) is 29.1 Å². The summed E-state index contributed by atoms with van der Waals surface area (Å²) >= 11 is 0. The Balaban J connectivity index is 3.38. The number of hydrogen-bond acceptors (Lipinski definition) is 1. The van der Waals surface area contributed by atoms with Gasteiger partial charge in [0, 0.05) is 0 Å². The molecule has 0 aliphatic rings. The smallest absolute Gasteiger partial charge is 0.249 e. The van der Waals surface area contributed by atoms with Crippen molar-refractivity contribution in [2.75, 3.05) is 0 Å². The van der Waals surface area contributed by atoms with Gasteiger partial charge in [0.1, 0.15) is 13.8 Å². The van der Waals surface area contributed by atoms with Crippen LogP contribution < -0.4 is 4.98 Å². The van der Waals surface area contributed by atoms with Crippen LogP contribution in [0.3, 0.4) is 0 Å². The molecule has 0 saturated heterocycles. The Kier molecular flexibility index (Phi) is 3.80. The molecular weight excluding hydrogens is 273 g/mol. The number of amides is 1. The minimum absolute atomic E-state index is 1.30. The lowest BCUT2D eigenvalue weighted by Gasteiger charge is -2.18. The van der Waals surface area contributed by atoms with Crippen LogP contribution in [0, 0.1) is 29.1 Å². The molecular formula is C10H10F5NOSi. The van der Waals surface area contributed by atoms with Crippen molar-refractivity contribution in [3.05, 3.63) is 34.6 Å². The molecule has 100 valence electrons. The van der Waals surface area contributed by atoms with Crippen LogP contribution >= 0.6 is 0 Å². The van der Waals surface area contributed by atoms with Crippen molar-refractivity contribution in [3.63, 3.8) is 0 Å². The molecule has 1 aromatic rings. The monoisotopic (exact) mass is 283 g/mol. The standard InChI is InChI=1S/C10H10F5NOSi/c1-18(2,3)16-10(17)4-5(11)7(13)9(15)8(14)6(4)12/h1-3H3,(H,16,17). The van der Waals surface area contributed by atoms with Crippen LogP contribution in [0.1, 0.15) is 10.4 Å². The first-order chi connectivity index (χ1) is 8.06. The Hall–Kier alpha value is -1.44. The van der Waals surface area contributed by atoms with Crippen LogP contribution in [0.5, 0.6) is 0 Å². The average molecular weight is 283 g/mol. The zero-order valence-corrected chi connectivity index (χ0v) is 10.8. The molecule has 0 fully saturated rings. The van der Waals surface area contributed by atoms with Crippen LogP contribution in [0.25, 0.3) is 0 Å². The number of benzene rings is 1. The van der Waals surface area contributed by atoms with Crippen LogP contribution in [-0.2, 0) is 0 Å². The van der Waals surface area contributed by atoms with E-state index in [1.54, 1.807) is 19.6 Å². The third-order valence-electron chi connectivity index (χ3n) is 1.93. The van der Waals surface area contributed by atoms with Crippen molar-refractivity contribution in [1.82, 2.24) is 4.98 Å². The molecule has 1 N–H and O–H groups in total. The Labute approximate surface area is 101 Å². The summed E-state index contributed by atoms with van der Waals surface area (Å²) in [4.78, 5) is 13.8. The van der Waals surface area contributed by atoms with Crippen molar-refractivity contribution in [1.29, 1.82) is 0 Å². The van der Waals surface area contributed by atoms with Gasteiger partial charge in [-0.3, -0.25) is 4.79 Å². The predicted octanol–water partition coefficient (Wildman–Crippen LogP) is 2.95. The molecule has 2 nitrogen and oxygen atoms in total. The second-order valence-corrected chi connectivity index (χ2v) is 9.40. The van der Waals surface area contributed by atoms with Crippen molar-refractivity contribution in [2.45, 2.75) is 19.6 Å². The molecule has 0 spiro atoms. The third kappa shape index (κ3) is 2.69. The molecule has 0 radical (unpaired) electrons. The molecule has 0 bridgehead atoms. The lowest BCUT2D eigenvalue weighted by Crippen LogP contribution is -2.46. The van der Waals surface area contributed by atoms with Crippen molar-refractivity contribution in [3.8, 4) is 0 Å². The second kappa shape index (κ2) is 4.67. The van der Waals surface area contributed by atoms with E-state index in [-0.39, 0.29) is 0 Å². The number of hydrogen-bond donors (Lipinski definition) is 1. The van der Waals surface area contributed by atoms with Gasteiger partial charge in [-0.05, 0) is 0 Å². The molecule has 0 aromatic heterocycles. The van der Waals surface area contributed by atoms with E-state index in [4.69, 9.17) is 0 Å². The van der Waals surface area contributed by atoms with E-state index >= 15 is 0 Å². The van der Waals surface area contributed by atoms with E-state index < -0.39 is 48.8 Å². The van der Waals surface area contributed by atoms with Crippen molar-refractivity contribution in [2.24, 2.45) is 0 Å². The number of halogens is 5. The van der Waals surface area contributed by atoms with Gasteiger partial charge in [-0.1, -0.05) is 19.6 Å². The third-order valence-corrected chi connectivity index (χ3v) is 2.90. The minimum atomic E-state index is -2.28. The fraction of sp³-hybridized carbons (Fsp3) is 0.300. The maximum atomic E-state index is 13.3. The highest BCUT2D eigenvalue weighted by Gasteiger charge is 2.31. The lowest BCUT2D eigenvalue weighted by atomic mass is 10.1. The summed E-state index contributed by atoms with van der Waals surface area (Å²) in [7, 11) is -2.27. The predicted molar refractivity (Wildman–Crippen MR) is 57.0 cm³/mol. The largest absolute Gasteiger partial charge is 0.378 e. The molecule has 0 atom stereocenters. The fourth-order valence-corrected chi connectivity index (χ4v) is 2.01. The highest BCUT2D eigenvalue weighted by molar-refractivity contribution is 6.76. The number of nitrogens with one attached hydrogen (secondary N) is 1. The quantitative estimate of drug-likeness (QED) is 0.384. The van der Waals surface area contributed by atoms with E-state index in [1.165, 1.54) is 0 Å². The molecule has 0 unspecified atom stereocenters. The van der Waals surface area contributed by atoms with E-state index in [9.17, 15) is 26.7 Å². The Morgan fingerprint density at radius 1 is 0.833 bits per heavy atom. The second-order valence-electron chi connectivity index (χ2n) is 4.65. The highest BCUT2D eigenvalue weighted by Crippen LogP contribution is 2.23. The first kappa shape index (κ1) is 14.6. The number of rotatable bonds is 2. The molecule has 8 heteroatoms. The molecule has 18 heavy (non-hydrogen) atoms. The molecule has 0 saturated carbocycles. The maximum absolute atomic E-state index is 13.3. The first-order valence-electron chi connectivity index (χ1n) is 4.90. The van der Waals surface area contributed by atoms with Gasteiger partial charge in [-0.15, -0.1) is 0 Å². The molecule has 1 aromatic carbocycles. The van der Waals surface area contributed by atoms with Gasteiger partial charge < -0.3 is 4.98 Å². The van der Waals surface area contributed by atoms with Crippen LogP contribution in [-0.4, -0.2) is 14.1 Å². The number of carbonyl (C=O) groups excluding carboxylic acids is 1. The van der Waals surface area contributed by atoms with Crippen LogP contribution in [0.2, 0.25) is 19.6 Å². The maximum Gasteiger partial charge on any atom is 0.249 e. The first-order valence-corrected chi connectivity index (χ1v) is 8.40. The SMILES string of the molecule is C[Si](C)(C)NC(=O)c1c(F)c(F)c(F)c(F)c1F. The van der Waals surface area contributed by atoms with Gasteiger partial charge >= 0.3 is 0 Å². The van der Waals surface area contributed by atoms with Gasteiger partial charge in [0.25, 0.3) is 0 Å². The summed E-state index contributed by atoms with van der Waals surface area (Å²) in [5.74, 6) is -12.1. The summed E-state index contributed by atoms with van der Waals surface area (Å²) in [6.45, 7) is 4.91. The van der Waals surface area contributed by atoms with Gasteiger partial charge in [0.05, 0.1) is 0 Å². The molecule has 0 aliphatic carbocycles. The van der Waals surface area contributed by atoms with Gasteiger partial charge in [-0.25, -0.2) is 22.0 Å². The average Bonchev–Trinajstić information content (AvgIpc) is 2.21. The summed E-state index contributed by atoms with van der Waals surface area (Å²) in [5.41, 5.74) is -1.45. The van der Waals surface area contributed by atoms with Gasteiger partial charge in [0.15, 0.2) is 23.3 Å². The molecule has 1 amide bonds. The zero-order valence-electron chi connectivity index (χ0n) is 9.80. The van der Waals surface area contributed by atoms with Gasteiger partial charge in [0.2, 0.25) is 11.7 Å². The van der Waals surface area contributed by atoms with E-state index in [0.717, 1.165) is 0 Å². The van der Waals surface area contributed by atoms with Crippen molar-refractivity contribution < 1.29 is 26.7 Å². The molecule has 1 rings (SSSR count). The van der Waals surface area contributed by atoms with Crippen LogP contribution in [0.15, 0.2) is 0 Å². The number of carbonyl (C=O) groups is 1. The Morgan fingerprint density at radius 2 is 1.17 bits per heavy atom. The Morgan fingerprint density at radius 3 is 1.50 bits per heavy atom. The van der Waals surface area contributed by atoms with E-state index in [0.29, 0.717) is 0 Å². The van der Waals surface area contributed by atoms with Crippen molar-refractivity contribution >= 4 is 14.1 Å². The molecule has 0 aliphatic heterocycles. The normalized spacial score (nSPS) is 11.6. The Bertz CT molecular complexity index is 483. The van der Waals surface area contributed by atoms with Gasteiger partial charge in [-0.2, -0.15) is 0 Å². The summed E-state index contributed by atoms with van der Waals surface area (Å²) in [6.07, 6.45) is 0. The minimum Gasteiger partial charge on any atom is -0.378 e. The fourth-order valence-electron chi connectivity index (χ4n) is 1.21. The summed E-state index contributed by atoms with van der Waals surface area (Å²) in [6, 6.07) is 0. The van der Waals surface area contributed by atoms with E-state index in [1.807, 2.05) is 0 Å². The summed E-state index contributed by atoms with van der Waals surface area (Å²) < 4.78 is 65.0. The zero-order chi connectivity index (χ0) is 14.2. The van der Waals surface area contributed by atoms with E-state index in [2.05, 4.69) is 4.98 Å². The summed E-state index contributed by atoms with van der Waals surface area (Å²) in [5, 5.41) is 0.